The zero-order valence-electron chi connectivity index (χ0n) is 7.14. The number of hydrogen-bond acceptors (Lipinski definition) is 2. The molecule has 0 bridgehead atoms. The van der Waals surface area contributed by atoms with E-state index >= 15 is 0 Å². The van der Waals surface area contributed by atoms with Crippen LogP contribution in [0.15, 0.2) is 23.1 Å². The predicted molar refractivity (Wildman–Crippen MR) is 52.5 cm³/mol. The molecule has 0 unspecified atom stereocenters. The molecular weight excluding hydrogens is 154 g/mol. The van der Waals surface area contributed by atoms with Crippen LogP contribution in [0.5, 0.6) is 0 Å². The lowest BCUT2D eigenvalue weighted by atomic mass is 10.2. The van der Waals surface area contributed by atoms with Crippen LogP contribution in [0.25, 0.3) is 0 Å². The molecule has 1 aromatic carbocycles. The molecule has 0 amide bonds. The predicted octanol–water partition coefficient (Wildman–Crippen LogP) is 2.76. The highest BCUT2D eigenvalue weighted by Gasteiger charge is 1.95. The first-order valence-corrected chi connectivity index (χ1v) is 4.83. The summed E-state index contributed by atoms with van der Waals surface area (Å²) < 4.78 is 0. The molecule has 0 saturated carbocycles. The van der Waals surface area contributed by atoms with Crippen molar-refractivity contribution in [3.05, 3.63) is 23.8 Å². The minimum absolute atomic E-state index is 1.21. The van der Waals surface area contributed by atoms with E-state index in [9.17, 15) is 0 Å². The Morgan fingerprint density at radius 1 is 1.36 bits per heavy atom. The number of thioether (sulfide) groups is 1. The third kappa shape index (κ3) is 1.90. The fourth-order valence-corrected chi connectivity index (χ4v) is 1.54. The summed E-state index contributed by atoms with van der Waals surface area (Å²) in [5, 5.41) is 3.14. The topological polar surface area (TPSA) is 12.0 Å². The minimum Gasteiger partial charge on any atom is -0.388 e. The molecule has 11 heavy (non-hydrogen) atoms. The Bertz CT molecular complexity index is 245. The van der Waals surface area contributed by atoms with Gasteiger partial charge < -0.3 is 5.32 Å². The molecule has 0 radical (unpaired) electrons. The molecule has 1 aromatic rings. The summed E-state index contributed by atoms with van der Waals surface area (Å²) in [4.78, 5) is 1.32. The Kier molecular flexibility index (Phi) is 2.83. The highest BCUT2D eigenvalue weighted by molar-refractivity contribution is 7.98. The van der Waals surface area contributed by atoms with Gasteiger partial charge in [0.1, 0.15) is 0 Å². The maximum atomic E-state index is 3.14. The van der Waals surface area contributed by atoms with Crippen molar-refractivity contribution in [1.82, 2.24) is 0 Å². The molecule has 1 N–H and O–H groups in total. The van der Waals surface area contributed by atoms with Crippen molar-refractivity contribution >= 4 is 17.4 Å². The largest absolute Gasteiger partial charge is 0.388 e. The van der Waals surface area contributed by atoms with Gasteiger partial charge >= 0.3 is 0 Å². The first kappa shape index (κ1) is 8.47. The summed E-state index contributed by atoms with van der Waals surface area (Å²) >= 11 is 1.77. The molecule has 0 aliphatic rings. The molecule has 0 saturated heterocycles. The molecule has 60 valence electrons. The Morgan fingerprint density at radius 3 is 2.55 bits per heavy atom. The van der Waals surface area contributed by atoms with Gasteiger partial charge in [-0.2, -0.15) is 0 Å². The van der Waals surface area contributed by atoms with Crippen LogP contribution < -0.4 is 5.32 Å². The minimum atomic E-state index is 1.21. The third-order valence-corrected chi connectivity index (χ3v) is 2.43. The van der Waals surface area contributed by atoms with Gasteiger partial charge in [0.05, 0.1) is 0 Å². The van der Waals surface area contributed by atoms with Crippen molar-refractivity contribution in [3.63, 3.8) is 0 Å². The van der Waals surface area contributed by atoms with Gasteiger partial charge in [-0.05, 0) is 36.9 Å². The van der Waals surface area contributed by atoms with Gasteiger partial charge in [0.25, 0.3) is 0 Å². The molecule has 0 spiro atoms. The van der Waals surface area contributed by atoms with Crippen molar-refractivity contribution in [2.75, 3.05) is 18.6 Å². The van der Waals surface area contributed by atoms with Gasteiger partial charge in [0, 0.05) is 17.6 Å². The van der Waals surface area contributed by atoms with Crippen LogP contribution in [-0.2, 0) is 0 Å². The second-order valence-corrected chi connectivity index (χ2v) is 3.31. The van der Waals surface area contributed by atoms with Crippen LogP contribution in [-0.4, -0.2) is 13.3 Å². The highest BCUT2D eigenvalue weighted by atomic mass is 32.2. The number of anilines is 1. The maximum absolute atomic E-state index is 3.14. The Morgan fingerprint density at radius 2 is 2.09 bits per heavy atom. The van der Waals surface area contributed by atoms with E-state index in [1.165, 1.54) is 16.1 Å². The van der Waals surface area contributed by atoms with E-state index < -0.39 is 0 Å². The third-order valence-electron chi connectivity index (χ3n) is 1.70. The number of rotatable bonds is 2. The second-order valence-electron chi connectivity index (χ2n) is 2.43. The van der Waals surface area contributed by atoms with Crippen LogP contribution in [0.2, 0.25) is 0 Å². The van der Waals surface area contributed by atoms with Crippen LogP contribution in [0, 0.1) is 6.92 Å². The average Bonchev–Trinajstić information content (AvgIpc) is 2.04. The number of aryl methyl sites for hydroxylation is 1. The summed E-state index contributed by atoms with van der Waals surface area (Å²) in [5.74, 6) is 0. The SMILES string of the molecule is CNc1ccc(SC)cc1C. The fourth-order valence-electron chi connectivity index (χ4n) is 1.04. The van der Waals surface area contributed by atoms with E-state index in [2.05, 4.69) is 36.7 Å². The van der Waals surface area contributed by atoms with Crippen LogP contribution >= 0.6 is 11.8 Å². The van der Waals surface area contributed by atoms with Crippen molar-refractivity contribution in [2.45, 2.75) is 11.8 Å². The van der Waals surface area contributed by atoms with E-state index in [0.717, 1.165) is 0 Å². The molecule has 0 aromatic heterocycles. The van der Waals surface area contributed by atoms with E-state index in [0.29, 0.717) is 0 Å². The Hall–Kier alpha value is -0.630. The normalized spacial score (nSPS) is 9.73. The molecular formula is C9H13NS. The Labute approximate surface area is 72.2 Å². The monoisotopic (exact) mass is 167 g/mol. The second kappa shape index (κ2) is 3.67. The summed E-state index contributed by atoms with van der Waals surface area (Å²) in [7, 11) is 1.95. The zero-order chi connectivity index (χ0) is 8.27. The van der Waals surface area contributed by atoms with Gasteiger partial charge in [-0.3, -0.25) is 0 Å². The van der Waals surface area contributed by atoms with Gasteiger partial charge in [0.2, 0.25) is 0 Å². The molecule has 2 heteroatoms. The Balaban J connectivity index is 2.99. The van der Waals surface area contributed by atoms with E-state index in [1.54, 1.807) is 11.8 Å². The molecule has 1 rings (SSSR count). The first-order chi connectivity index (χ1) is 5.27. The molecule has 0 aliphatic heterocycles. The van der Waals surface area contributed by atoms with Crippen molar-refractivity contribution in [3.8, 4) is 0 Å². The highest BCUT2D eigenvalue weighted by Crippen LogP contribution is 2.21. The average molecular weight is 167 g/mol. The van der Waals surface area contributed by atoms with E-state index in [1.807, 2.05) is 7.05 Å². The van der Waals surface area contributed by atoms with Crippen LogP contribution in [0.3, 0.4) is 0 Å². The van der Waals surface area contributed by atoms with Gasteiger partial charge in [-0.15, -0.1) is 11.8 Å². The number of nitrogens with one attached hydrogen (secondary N) is 1. The first-order valence-electron chi connectivity index (χ1n) is 3.60. The van der Waals surface area contributed by atoms with Crippen LogP contribution in [0.1, 0.15) is 5.56 Å². The lowest BCUT2D eigenvalue weighted by molar-refractivity contribution is 1.33. The lowest BCUT2D eigenvalue weighted by Crippen LogP contribution is -1.90. The molecule has 1 nitrogen and oxygen atoms in total. The number of hydrogen-bond donors (Lipinski definition) is 1. The molecule has 0 heterocycles. The standard InChI is InChI=1S/C9H13NS/c1-7-6-8(11-3)4-5-9(7)10-2/h4-6,10H,1-3H3. The number of benzene rings is 1. The maximum Gasteiger partial charge on any atom is 0.0368 e. The lowest BCUT2D eigenvalue weighted by Gasteiger charge is -2.05. The van der Waals surface area contributed by atoms with Gasteiger partial charge in [-0.25, -0.2) is 0 Å². The smallest absolute Gasteiger partial charge is 0.0368 e. The quantitative estimate of drug-likeness (QED) is 0.680. The van der Waals surface area contributed by atoms with Gasteiger partial charge in [-0.1, -0.05) is 0 Å². The van der Waals surface area contributed by atoms with Crippen molar-refractivity contribution < 1.29 is 0 Å². The van der Waals surface area contributed by atoms with E-state index in [-0.39, 0.29) is 0 Å². The summed E-state index contributed by atoms with van der Waals surface area (Å²) in [6.45, 7) is 2.12. The van der Waals surface area contributed by atoms with Crippen LogP contribution in [0.4, 0.5) is 5.69 Å². The van der Waals surface area contributed by atoms with Crippen molar-refractivity contribution in [2.24, 2.45) is 0 Å². The molecule has 0 atom stereocenters. The fraction of sp³-hybridized carbons (Fsp3) is 0.333. The van der Waals surface area contributed by atoms with E-state index in [4.69, 9.17) is 0 Å². The summed E-state index contributed by atoms with van der Waals surface area (Å²) in [5.41, 5.74) is 2.52. The zero-order valence-corrected chi connectivity index (χ0v) is 7.96. The molecule has 0 fully saturated rings. The summed E-state index contributed by atoms with van der Waals surface area (Å²) in [6.07, 6.45) is 2.09. The van der Waals surface area contributed by atoms with Crippen molar-refractivity contribution in [1.29, 1.82) is 0 Å². The molecule has 0 aliphatic carbocycles. The van der Waals surface area contributed by atoms with Gasteiger partial charge in [0.15, 0.2) is 0 Å². The summed E-state index contributed by atoms with van der Waals surface area (Å²) in [6, 6.07) is 6.43.